The van der Waals surface area contributed by atoms with E-state index in [1.54, 1.807) is 0 Å². The first-order valence-electron chi connectivity index (χ1n) is 4.74. The van der Waals surface area contributed by atoms with Gasteiger partial charge in [-0.15, -0.1) is 0 Å². The molecule has 0 aromatic heterocycles. The summed E-state index contributed by atoms with van der Waals surface area (Å²) in [6.45, 7) is 0.171. The molecule has 1 atom stereocenters. The minimum Gasteiger partial charge on any atom is -0.392 e. The molecule has 0 amide bonds. The maximum Gasteiger partial charge on any atom is 0.214 e. The molecule has 1 aliphatic carbocycles. The van der Waals surface area contributed by atoms with Crippen LogP contribution in [0.3, 0.4) is 0 Å². The van der Waals surface area contributed by atoms with E-state index in [9.17, 15) is 8.42 Å². The molecule has 1 unspecified atom stereocenters. The second kappa shape index (κ2) is 5.20. The van der Waals surface area contributed by atoms with Crippen LogP contribution in [0.25, 0.3) is 0 Å². The van der Waals surface area contributed by atoms with Crippen LogP contribution in [0, 0.1) is 5.92 Å². The Morgan fingerprint density at radius 3 is 2.67 bits per heavy atom. The molecule has 15 heavy (non-hydrogen) atoms. The Morgan fingerprint density at radius 2 is 2.27 bits per heavy atom. The third-order valence-electron chi connectivity index (χ3n) is 2.26. The SMILES string of the molecule is COCCS(=O)(=O)NC(C(N)=S)C1CC1. The van der Waals surface area contributed by atoms with Crippen LogP contribution in [0.15, 0.2) is 0 Å². The molecule has 0 bridgehead atoms. The van der Waals surface area contributed by atoms with Crippen LogP contribution >= 0.6 is 12.2 Å². The molecule has 7 heteroatoms. The highest BCUT2D eigenvalue weighted by Gasteiger charge is 2.35. The minimum absolute atomic E-state index is 0.0602. The number of thiocarbonyl (C=S) groups is 1. The zero-order valence-electron chi connectivity index (χ0n) is 8.60. The first-order valence-corrected chi connectivity index (χ1v) is 6.80. The van der Waals surface area contributed by atoms with Gasteiger partial charge in [-0.05, 0) is 18.8 Å². The van der Waals surface area contributed by atoms with Crippen molar-refractivity contribution in [3.8, 4) is 0 Å². The Labute approximate surface area is 95.4 Å². The molecule has 1 rings (SSSR count). The predicted octanol–water partition coefficient (Wildman–Crippen LogP) is -0.383. The van der Waals surface area contributed by atoms with Crippen molar-refractivity contribution in [2.45, 2.75) is 18.9 Å². The van der Waals surface area contributed by atoms with Crippen LogP contribution in [-0.4, -0.2) is 38.9 Å². The maximum absolute atomic E-state index is 11.5. The van der Waals surface area contributed by atoms with Gasteiger partial charge in [0, 0.05) is 7.11 Å². The van der Waals surface area contributed by atoms with Crippen LogP contribution in [0.1, 0.15) is 12.8 Å². The van der Waals surface area contributed by atoms with Gasteiger partial charge in [0.05, 0.1) is 23.4 Å². The lowest BCUT2D eigenvalue weighted by Gasteiger charge is -2.16. The van der Waals surface area contributed by atoms with Gasteiger partial charge in [0.25, 0.3) is 0 Å². The number of sulfonamides is 1. The summed E-state index contributed by atoms with van der Waals surface area (Å²) >= 11 is 4.83. The molecule has 0 spiro atoms. The molecule has 1 aliphatic rings. The summed E-state index contributed by atoms with van der Waals surface area (Å²) < 4.78 is 30.3. The average molecular weight is 252 g/mol. The third-order valence-corrected chi connectivity index (χ3v) is 3.83. The average Bonchev–Trinajstić information content (AvgIpc) is 2.94. The number of rotatable bonds is 7. The molecular formula is C8H16N2O3S2. The van der Waals surface area contributed by atoms with E-state index in [0.29, 0.717) is 0 Å². The molecule has 0 aromatic rings. The monoisotopic (exact) mass is 252 g/mol. The number of nitrogens with two attached hydrogens (primary N) is 1. The van der Waals surface area contributed by atoms with E-state index in [2.05, 4.69) is 4.72 Å². The number of hydrogen-bond donors (Lipinski definition) is 2. The molecular weight excluding hydrogens is 236 g/mol. The van der Waals surface area contributed by atoms with Gasteiger partial charge >= 0.3 is 0 Å². The fraction of sp³-hybridized carbons (Fsp3) is 0.875. The topological polar surface area (TPSA) is 81.4 Å². The lowest BCUT2D eigenvalue weighted by molar-refractivity contribution is 0.217. The Morgan fingerprint density at radius 1 is 1.67 bits per heavy atom. The first-order chi connectivity index (χ1) is 6.96. The van der Waals surface area contributed by atoms with Crippen LogP contribution in [0.2, 0.25) is 0 Å². The normalized spacial score (nSPS) is 18.7. The molecule has 0 heterocycles. The fourth-order valence-corrected chi connectivity index (χ4v) is 2.80. The number of methoxy groups -OCH3 is 1. The summed E-state index contributed by atoms with van der Waals surface area (Å²) in [6.07, 6.45) is 1.96. The van der Waals surface area contributed by atoms with Crippen LogP contribution in [0.4, 0.5) is 0 Å². The van der Waals surface area contributed by atoms with Gasteiger partial charge in [-0.3, -0.25) is 0 Å². The van der Waals surface area contributed by atoms with Crippen molar-refractivity contribution < 1.29 is 13.2 Å². The zero-order valence-corrected chi connectivity index (χ0v) is 10.2. The summed E-state index contributed by atoms with van der Waals surface area (Å²) in [6, 6.07) is -0.387. The summed E-state index contributed by atoms with van der Waals surface area (Å²) in [5.74, 6) is 0.217. The van der Waals surface area contributed by atoms with Gasteiger partial charge in [0.15, 0.2) is 0 Å². The van der Waals surface area contributed by atoms with E-state index < -0.39 is 10.0 Å². The molecule has 1 saturated carbocycles. The van der Waals surface area contributed by atoms with Gasteiger partial charge in [-0.2, -0.15) is 0 Å². The van der Waals surface area contributed by atoms with Crippen molar-refractivity contribution in [2.75, 3.05) is 19.5 Å². The number of hydrogen-bond acceptors (Lipinski definition) is 4. The third kappa shape index (κ3) is 4.42. The van der Waals surface area contributed by atoms with E-state index in [0.717, 1.165) is 12.8 Å². The van der Waals surface area contributed by atoms with Crippen molar-refractivity contribution in [3.63, 3.8) is 0 Å². The minimum atomic E-state index is -3.34. The van der Waals surface area contributed by atoms with Gasteiger partial charge in [-0.25, -0.2) is 13.1 Å². The maximum atomic E-state index is 11.5. The standard InChI is InChI=1S/C8H16N2O3S2/c1-13-4-5-15(11,12)10-7(8(9)14)6-2-3-6/h6-7,10H,2-5H2,1H3,(H2,9,14). The fourth-order valence-electron chi connectivity index (χ4n) is 1.26. The van der Waals surface area contributed by atoms with Crippen molar-refractivity contribution in [1.29, 1.82) is 0 Å². The van der Waals surface area contributed by atoms with E-state index in [1.165, 1.54) is 7.11 Å². The summed E-state index contributed by atoms with van der Waals surface area (Å²) in [5.41, 5.74) is 5.49. The van der Waals surface area contributed by atoms with E-state index in [4.69, 9.17) is 22.7 Å². The Bertz CT molecular complexity index is 325. The molecule has 0 saturated heterocycles. The van der Waals surface area contributed by atoms with Gasteiger partial charge in [0.2, 0.25) is 10.0 Å². The van der Waals surface area contributed by atoms with Gasteiger partial charge in [-0.1, -0.05) is 12.2 Å². The molecule has 0 aliphatic heterocycles. The smallest absolute Gasteiger partial charge is 0.214 e. The van der Waals surface area contributed by atoms with Crippen molar-refractivity contribution in [3.05, 3.63) is 0 Å². The van der Waals surface area contributed by atoms with Crippen molar-refractivity contribution in [2.24, 2.45) is 11.7 Å². The first kappa shape index (κ1) is 12.8. The number of nitrogens with one attached hydrogen (secondary N) is 1. The highest BCUT2D eigenvalue weighted by atomic mass is 32.2. The predicted molar refractivity (Wildman–Crippen MR) is 62.1 cm³/mol. The van der Waals surface area contributed by atoms with Crippen molar-refractivity contribution >= 4 is 27.2 Å². The van der Waals surface area contributed by atoms with E-state index >= 15 is 0 Å². The Kier molecular flexibility index (Phi) is 4.45. The molecule has 0 aromatic carbocycles. The van der Waals surface area contributed by atoms with E-state index in [-0.39, 0.29) is 29.3 Å². The molecule has 1 fully saturated rings. The molecule has 5 nitrogen and oxygen atoms in total. The van der Waals surface area contributed by atoms with Crippen LogP contribution in [-0.2, 0) is 14.8 Å². The van der Waals surface area contributed by atoms with Gasteiger partial charge < -0.3 is 10.5 Å². The lowest BCUT2D eigenvalue weighted by atomic mass is 10.2. The summed E-state index contributed by atoms with van der Waals surface area (Å²) in [7, 11) is -1.88. The lowest BCUT2D eigenvalue weighted by Crippen LogP contribution is -2.46. The van der Waals surface area contributed by atoms with Crippen molar-refractivity contribution in [1.82, 2.24) is 4.72 Å². The summed E-state index contributed by atoms with van der Waals surface area (Å²) in [5, 5.41) is 0. The second-order valence-corrected chi connectivity index (χ2v) is 5.99. The summed E-state index contributed by atoms with van der Waals surface area (Å²) in [4.78, 5) is 0.221. The zero-order chi connectivity index (χ0) is 11.5. The second-order valence-electron chi connectivity index (χ2n) is 3.65. The highest BCUT2D eigenvalue weighted by molar-refractivity contribution is 7.89. The molecule has 0 radical (unpaired) electrons. The quantitative estimate of drug-likeness (QED) is 0.604. The van der Waals surface area contributed by atoms with Gasteiger partial charge in [0.1, 0.15) is 0 Å². The molecule has 88 valence electrons. The molecule has 3 N–H and O–H groups in total. The van der Waals surface area contributed by atoms with E-state index in [1.807, 2.05) is 0 Å². The Hall–Kier alpha value is -0.240. The Balaban J connectivity index is 2.53. The number of ether oxygens (including phenoxy) is 1. The van der Waals surface area contributed by atoms with Crippen LogP contribution in [0.5, 0.6) is 0 Å². The van der Waals surface area contributed by atoms with Crippen LogP contribution < -0.4 is 10.5 Å². The largest absolute Gasteiger partial charge is 0.392 e. The highest BCUT2D eigenvalue weighted by Crippen LogP contribution is 2.33.